The fraction of sp³-hybridized carbons (Fsp3) is 0.400. The monoisotopic (exact) mass is 356 g/mol. The Hall–Kier alpha value is -2.76. The fourth-order valence-electron chi connectivity index (χ4n) is 2.57. The first-order valence-corrected chi connectivity index (χ1v) is 8.74. The number of amides is 1. The van der Waals surface area contributed by atoms with Crippen molar-refractivity contribution >= 4 is 17.5 Å². The van der Waals surface area contributed by atoms with Crippen LogP contribution < -0.4 is 16.8 Å². The summed E-state index contributed by atoms with van der Waals surface area (Å²) in [6.07, 6.45) is 2.86. The van der Waals surface area contributed by atoms with Crippen molar-refractivity contribution < 1.29 is 9.53 Å². The number of benzene rings is 1. The number of pyridine rings is 1. The Morgan fingerprint density at radius 2 is 1.96 bits per heavy atom. The van der Waals surface area contributed by atoms with Crippen LogP contribution in [0.25, 0.3) is 11.1 Å². The molecule has 0 saturated heterocycles. The number of aromatic nitrogens is 1. The van der Waals surface area contributed by atoms with Crippen LogP contribution in [-0.4, -0.2) is 22.7 Å². The Balaban J connectivity index is 1.97. The zero-order chi connectivity index (χ0) is 19.3. The second kappa shape index (κ2) is 8.08. The van der Waals surface area contributed by atoms with E-state index in [-0.39, 0.29) is 6.04 Å². The van der Waals surface area contributed by atoms with Crippen LogP contribution >= 0.6 is 0 Å². The number of carbonyl (C=O) groups excluding carboxylic acids is 1. The Labute approximate surface area is 154 Å². The molecular formula is C20H28N4O2. The quantitative estimate of drug-likeness (QED) is 0.708. The molecule has 0 aliphatic heterocycles. The van der Waals surface area contributed by atoms with Crippen molar-refractivity contribution in [3.8, 4) is 11.1 Å². The SMILES string of the molecule is C[C@@H](CCc1cc(-c2ccc(N)cc2N)ccn1)NC(=O)OC(C)(C)C. The molecule has 0 saturated carbocycles. The van der Waals surface area contributed by atoms with Crippen molar-refractivity contribution in [1.82, 2.24) is 10.3 Å². The minimum Gasteiger partial charge on any atom is -0.444 e. The van der Waals surface area contributed by atoms with Crippen LogP contribution in [0.4, 0.5) is 16.2 Å². The van der Waals surface area contributed by atoms with Crippen LogP contribution in [-0.2, 0) is 11.2 Å². The Bertz CT molecular complexity index is 769. The summed E-state index contributed by atoms with van der Waals surface area (Å²) < 4.78 is 5.27. The van der Waals surface area contributed by atoms with E-state index >= 15 is 0 Å². The molecule has 2 rings (SSSR count). The van der Waals surface area contributed by atoms with Crippen LogP contribution in [0.1, 0.15) is 39.8 Å². The molecule has 5 N–H and O–H groups in total. The number of hydrogen-bond acceptors (Lipinski definition) is 5. The lowest BCUT2D eigenvalue weighted by Crippen LogP contribution is -2.37. The second-order valence-electron chi connectivity index (χ2n) is 7.47. The molecular weight excluding hydrogens is 328 g/mol. The first-order valence-electron chi connectivity index (χ1n) is 8.74. The van der Waals surface area contributed by atoms with Gasteiger partial charge in [-0.25, -0.2) is 4.79 Å². The number of hydrogen-bond donors (Lipinski definition) is 3. The van der Waals surface area contributed by atoms with Crippen LogP contribution in [0, 0.1) is 0 Å². The van der Waals surface area contributed by atoms with Crippen molar-refractivity contribution in [3.05, 3.63) is 42.2 Å². The van der Waals surface area contributed by atoms with Crippen LogP contribution in [0.5, 0.6) is 0 Å². The second-order valence-corrected chi connectivity index (χ2v) is 7.47. The van der Waals surface area contributed by atoms with E-state index in [4.69, 9.17) is 16.2 Å². The zero-order valence-electron chi connectivity index (χ0n) is 15.9. The summed E-state index contributed by atoms with van der Waals surface area (Å²) in [7, 11) is 0. The van der Waals surface area contributed by atoms with Gasteiger partial charge < -0.3 is 21.5 Å². The minimum absolute atomic E-state index is 0.0168. The van der Waals surface area contributed by atoms with Gasteiger partial charge in [0.2, 0.25) is 0 Å². The molecule has 140 valence electrons. The molecule has 0 radical (unpaired) electrons. The van der Waals surface area contributed by atoms with Crippen LogP contribution in [0.3, 0.4) is 0 Å². The molecule has 0 fully saturated rings. The third-order valence-electron chi connectivity index (χ3n) is 3.80. The zero-order valence-corrected chi connectivity index (χ0v) is 15.9. The van der Waals surface area contributed by atoms with Gasteiger partial charge in [-0.05, 0) is 70.4 Å². The van der Waals surface area contributed by atoms with Gasteiger partial charge >= 0.3 is 6.09 Å². The molecule has 26 heavy (non-hydrogen) atoms. The average Bonchev–Trinajstić information content (AvgIpc) is 2.51. The minimum atomic E-state index is -0.501. The molecule has 0 unspecified atom stereocenters. The number of ether oxygens (including phenoxy) is 1. The molecule has 1 aromatic carbocycles. The number of nitrogens with one attached hydrogen (secondary N) is 1. The topological polar surface area (TPSA) is 103 Å². The summed E-state index contributed by atoms with van der Waals surface area (Å²) in [5, 5.41) is 2.85. The number of carbonyl (C=O) groups is 1. The van der Waals surface area contributed by atoms with E-state index in [1.54, 1.807) is 12.3 Å². The van der Waals surface area contributed by atoms with Gasteiger partial charge in [0, 0.05) is 34.9 Å². The number of rotatable bonds is 5. The number of aryl methyl sites for hydroxylation is 1. The van der Waals surface area contributed by atoms with E-state index in [9.17, 15) is 4.79 Å². The molecule has 1 atom stereocenters. The number of nitrogens with two attached hydrogens (primary N) is 2. The largest absolute Gasteiger partial charge is 0.444 e. The van der Waals surface area contributed by atoms with Crippen molar-refractivity contribution in [2.24, 2.45) is 0 Å². The van der Waals surface area contributed by atoms with Gasteiger partial charge in [0.15, 0.2) is 0 Å². The summed E-state index contributed by atoms with van der Waals surface area (Å²) in [4.78, 5) is 16.2. The third kappa shape index (κ3) is 5.95. The summed E-state index contributed by atoms with van der Waals surface area (Å²) in [6, 6.07) is 9.42. The third-order valence-corrected chi connectivity index (χ3v) is 3.80. The lowest BCUT2D eigenvalue weighted by atomic mass is 10.0. The van der Waals surface area contributed by atoms with Gasteiger partial charge in [-0.2, -0.15) is 0 Å². The normalized spacial score (nSPS) is 12.5. The van der Waals surface area contributed by atoms with E-state index in [2.05, 4.69) is 10.3 Å². The van der Waals surface area contributed by atoms with Crippen molar-refractivity contribution in [3.63, 3.8) is 0 Å². The Morgan fingerprint density at radius 3 is 2.62 bits per heavy atom. The standard InChI is InChI=1S/C20H28N4O2/c1-13(24-19(25)26-20(2,3)4)5-7-16-11-14(9-10-23-16)17-8-6-15(21)12-18(17)22/h6,8-13H,5,7,21-22H2,1-4H3,(H,24,25)/t13-/m0/s1. The van der Waals surface area contributed by atoms with E-state index < -0.39 is 11.7 Å². The summed E-state index contributed by atoms with van der Waals surface area (Å²) in [5.41, 5.74) is 15.5. The van der Waals surface area contributed by atoms with Gasteiger partial charge in [-0.3, -0.25) is 4.98 Å². The molecule has 2 aromatic rings. The number of nitrogen functional groups attached to an aromatic ring is 2. The van der Waals surface area contributed by atoms with Gasteiger partial charge in [-0.1, -0.05) is 6.07 Å². The predicted molar refractivity (Wildman–Crippen MR) is 106 cm³/mol. The van der Waals surface area contributed by atoms with E-state index in [0.29, 0.717) is 11.4 Å². The molecule has 0 spiro atoms. The smallest absolute Gasteiger partial charge is 0.407 e. The van der Waals surface area contributed by atoms with Crippen LogP contribution in [0.2, 0.25) is 0 Å². The predicted octanol–water partition coefficient (Wildman–Crippen LogP) is 3.76. The lowest BCUT2D eigenvalue weighted by molar-refractivity contribution is 0.0506. The fourth-order valence-corrected chi connectivity index (χ4v) is 2.57. The first-order chi connectivity index (χ1) is 12.1. The molecule has 1 amide bonds. The van der Waals surface area contributed by atoms with Crippen molar-refractivity contribution in [2.45, 2.75) is 52.2 Å². The summed E-state index contributed by atoms with van der Waals surface area (Å²) in [5.74, 6) is 0. The van der Waals surface area contributed by atoms with Gasteiger partial charge in [0.1, 0.15) is 5.60 Å². The van der Waals surface area contributed by atoms with E-state index in [0.717, 1.165) is 29.7 Å². The molecule has 0 aliphatic carbocycles. The van der Waals surface area contributed by atoms with Crippen LogP contribution in [0.15, 0.2) is 36.5 Å². The van der Waals surface area contributed by atoms with Gasteiger partial charge in [-0.15, -0.1) is 0 Å². The van der Waals surface area contributed by atoms with Gasteiger partial charge in [0.05, 0.1) is 0 Å². The van der Waals surface area contributed by atoms with Gasteiger partial charge in [0.25, 0.3) is 0 Å². The Kier molecular flexibility index (Phi) is 6.08. The summed E-state index contributed by atoms with van der Waals surface area (Å²) >= 11 is 0. The molecule has 0 aliphatic rings. The average molecular weight is 356 g/mol. The highest BCUT2D eigenvalue weighted by Gasteiger charge is 2.17. The molecule has 1 heterocycles. The maximum atomic E-state index is 11.8. The first kappa shape index (κ1) is 19.6. The van der Waals surface area contributed by atoms with Crippen molar-refractivity contribution in [1.29, 1.82) is 0 Å². The highest BCUT2D eigenvalue weighted by Crippen LogP contribution is 2.27. The van der Waals surface area contributed by atoms with E-state index in [1.165, 1.54) is 0 Å². The van der Waals surface area contributed by atoms with E-state index in [1.807, 2.05) is 52.0 Å². The maximum Gasteiger partial charge on any atom is 0.407 e. The summed E-state index contributed by atoms with van der Waals surface area (Å²) in [6.45, 7) is 7.48. The Morgan fingerprint density at radius 1 is 1.23 bits per heavy atom. The highest BCUT2D eigenvalue weighted by atomic mass is 16.6. The molecule has 6 heteroatoms. The molecule has 1 aromatic heterocycles. The molecule has 0 bridgehead atoms. The lowest BCUT2D eigenvalue weighted by Gasteiger charge is -2.22. The van der Waals surface area contributed by atoms with Crippen molar-refractivity contribution in [2.75, 3.05) is 11.5 Å². The molecule has 6 nitrogen and oxygen atoms in total. The number of alkyl carbamates (subject to hydrolysis) is 1. The number of nitrogens with zero attached hydrogens (tertiary/aromatic N) is 1. The highest BCUT2D eigenvalue weighted by molar-refractivity contribution is 5.78. The maximum absolute atomic E-state index is 11.8. The number of anilines is 2.